The summed E-state index contributed by atoms with van der Waals surface area (Å²) in [6, 6.07) is 4.89. The fourth-order valence-corrected chi connectivity index (χ4v) is 5.90. The molecular formula is C22H22IN4O5S-. The number of amides is 2. The number of fused-ring (bicyclic) bond motifs is 1. The molecule has 1 aromatic carbocycles. The average molecular weight is 581 g/mol. The Hall–Kier alpha value is -2.64. The second kappa shape index (κ2) is 9.31. The van der Waals surface area contributed by atoms with Crippen molar-refractivity contribution in [3.63, 3.8) is 0 Å². The summed E-state index contributed by atoms with van der Waals surface area (Å²) in [5.74, 6) is 0.876. The number of aromatic nitrogens is 2. The molecule has 2 amide bonds. The predicted molar refractivity (Wildman–Crippen MR) is 118 cm³/mol. The molecule has 2 aliphatic heterocycles. The quantitative estimate of drug-likeness (QED) is 0.272. The Morgan fingerprint density at radius 2 is 2.24 bits per heavy atom. The zero-order valence-electron chi connectivity index (χ0n) is 18.0. The molecule has 0 bridgehead atoms. The van der Waals surface area contributed by atoms with Gasteiger partial charge in [-0.3, -0.25) is 4.79 Å². The van der Waals surface area contributed by atoms with Gasteiger partial charge in [0, 0.05) is 26.6 Å². The number of nitrogens with one attached hydrogen (secondary N) is 2. The number of ether oxygens (including phenoxy) is 3. The number of thiazole rings is 1. The monoisotopic (exact) mass is 581 g/mol. The number of alkyl halides is 2. The maximum atomic E-state index is 12.8. The van der Waals surface area contributed by atoms with Crippen LogP contribution < -0.4 is 41.3 Å². The molecule has 9 nitrogen and oxygen atoms in total. The van der Waals surface area contributed by atoms with E-state index < -0.39 is 11.9 Å². The number of hydrogen-bond acceptors (Lipinski definition) is 7. The number of methoxy groups -OCH3 is 1. The first kappa shape index (κ1) is 22.2. The SMILES string of the molecule is COC[C@H](NC(=O)c1ccn(C)c1)C(=O)Nc1nc(-c2cc3c(c(C4C[I-]4)c2)OCO3)cs1. The molecule has 4 heterocycles. The minimum atomic E-state index is -0.856. The Balaban J connectivity index is 1.30. The number of carbonyl (C=O) groups excluding carboxylic acids is 2. The molecule has 174 valence electrons. The van der Waals surface area contributed by atoms with Gasteiger partial charge in [-0.2, -0.15) is 0 Å². The molecule has 2 N–H and O–H groups in total. The van der Waals surface area contributed by atoms with Crippen LogP contribution in [0.15, 0.2) is 36.0 Å². The van der Waals surface area contributed by atoms with Gasteiger partial charge in [-0.1, -0.05) is 0 Å². The van der Waals surface area contributed by atoms with Crippen molar-refractivity contribution in [3.05, 3.63) is 47.1 Å². The standard InChI is InChI=1S/C22H22IN4O5S/c1-27-4-3-12(8-27)20(28)24-16(9-30-2)21(29)26-22-25-17(10-33-22)13-5-14(15-7-23-15)19-18(6-13)31-11-32-19/h3-6,8,10,15-16H,7,9,11H2,1-2H3,(H,24,28)(H,25,26,29)/q-1/t15?,16-/m0/s1. The van der Waals surface area contributed by atoms with Gasteiger partial charge >= 0.3 is 158 Å². The van der Waals surface area contributed by atoms with Crippen LogP contribution in [0.2, 0.25) is 0 Å². The van der Waals surface area contributed by atoms with Crippen molar-refractivity contribution in [1.29, 1.82) is 0 Å². The van der Waals surface area contributed by atoms with Crippen LogP contribution in [0.1, 0.15) is 19.8 Å². The van der Waals surface area contributed by atoms with Crippen molar-refractivity contribution >= 4 is 28.3 Å². The average Bonchev–Trinajstić information content (AvgIpc) is 3.15. The summed E-state index contributed by atoms with van der Waals surface area (Å²) in [5.41, 5.74) is 3.37. The van der Waals surface area contributed by atoms with Gasteiger partial charge in [0.1, 0.15) is 0 Å². The van der Waals surface area contributed by atoms with Gasteiger partial charge in [-0.05, 0) is 6.07 Å². The van der Waals surface area contributed by atoms with E-state index in [-0.39, 0.29) is 40.5 Å². The summed E-state index contributed by atoms with van der Waals surface area (Å²) in [7, 11) is 3.31. The third-order valence-corrected chi connectivity index (χ3v) is 8.42. The molecule has 11 heteroatoms. The van der Waals surface area contributed by atoms with Crippen LogP contribution in [0.4, 0.5) is 5.13 Å². The topological polar surface area (TPSA) is 104 Å². The third kappa shape index (κ3) is 4.84. The Morgan fingerprint density at radius 3 is 2.97 bits per heavy atom. The summed E-state index contributed by atoms with van der Waals surface area (Å²) in [4.78, 5) is 29.9. The van der Waals surface area contributed by atoms with Gasteiger partial charge in [0.15, 0.2) is 0 Å². The van der Waals surface area contributed by atoms with Crippen molar-refractivity contribution < 1.29 is 45.0 Å². The van der Waals surface area contributed by atoms with Crippen LogP contribution in [0.25, 0.3) is 11.3 Å². The number of nitrogens with zero attached hydrogens (tertiary/aromatic N) is 2. The van der Waals surface area contributed by atoms with E-state index in [1.54, 1.807) is 23.0 Å². The minimum absolute atomic E-state index is 0.0403. The normalized spacial score (nSPS) is 17.2. The van der Waals surface area contributed by atoms with Gasteiger partial charge in [-0.25, -0.2) is 0 Å². The first-order valence-corrected chi connectivity index (χ1v) is 13.9. The van der Waals surface area contributed by atoms with Crippen molar-refractivity contribution in [2.75, 3.05) is 30.3 Å². The van der Waals surface area contributed by atoms with Crippen molar-refractivity contribution in [3.8, 4) is 22.8 Å². The molecule has 1 fully saturated rings. The maximum absolute atomic E-state index is 12.8. The molecule has 0 radical (unpaired) electrons. The molecule has 0 spiro atoms. The molecule has 2 atom stereocenters. The molecule has 0 saturated carbocycles. The summed E-state index contributed by atoms with van der Waals surface area (Å²) in [5, 5.41) is 7.86. The first-order valence-electron chi connectivity index (χ1n) is 10.2. The molecule has 33 heavy (non-hydrogen) atoms. The molecule has 1 saturated heterocycles. The molecule has 0 aliphatic carbocycles. The second-order valence-corrected chi connectivity index (χ2v) is 11.8. The summed E-state index contributed by atoms with van der Waals surface area (Å²) < 4.78 is 20.1. The van der Waals surface area contributed by atoms with E-state index in [1.165, 1.54) is 28.4 Å². The molecule has 3 aromatic rings. The number of rotatable bonds is 8. The Labute approximate surface area is 204 Å². The van der Waals surface area contributed by atoms with E-state index in [2.05, 4.69) is 21.7 Å². The fraction of sp³-hybridized carbons (Fsp3) is 0.318. The van der Waals surface area contributed by atoms with E-state index in [0.717, 1.165) is 22.8 Å². The number of carbonyl (C=O) groups is 2. The van der Waals surface area contributed by atoms with Gasteiger partial charge in [-0.15, -0.1) is 0 Å². The molecule has 2 aromatic heterocycles. The van der Waals surface area contributed by atoms with E-state index in [1.807, 2.05) is 18.5 Å². The zero-order valence-corrected chi connectivity index (χ0v) is 20.9. The number of halogens is 1. The van der Waals surface area contributed by atoms with Gasteiger partial charge in [0.2, 0.25) is 0 Å². The Kier molecular flexibility index (Phi) is 6.25. The van der Waals surface area contributed by atoms with Crippen LogP contribution in [-0.4, -0.2) is 52.3 Å². The van der Waals surface area contributed by atoms with Crippen LogP contribution in [0, 0.1) is 0 Å². The van der Waals surface area contributed by atoms with E-state index >= 15 is 0 Å². The summed E-state index contributed by atoms with van der Waals surface area (Å²) >= 11 is 1.53. The number of anilines is 1. The van der Waals surface area contributed by atoms with Crippen LogP contribution >= 0.6 is 11.3 Å². The predicted octanol–water partition coefficient (Wildman–Crippen LogP) is -0.595. The van der Waals surface area contributed by atoms with E-state index in [4.69, 9.17) is 14.2 Å². The van der Waals surface area contributed by atoms with Crippen molar-refractivity contribution in [2.24, 2.45) is 7.05 Å². The van der Waals surface area contributed by atoms with E-state index in [0.29, 0.717) is 14.6 Å². The van der Waals surface area contributed by atoms with E-state index in [9.17, 15) is 9.59 Å². The summed E-state index contributed by atoms with van der Waals surface area (Å²) in [6.45, 7) is 0.281. The van der Waals surface area contributed by atoms with Crippen LogP contribution in [-0.2, 0) is 16.6 Å². The zero-order chi connectivity index (χ0) is 22.9. The number of hydrogen-bond donors (Lipinski definition) is 2. The first-order chi connectivity index (χ1) is 16.0. The third-order valence-electron chi connectivity index (χ3n) is 5.23. The number of benzene rings is 1. The van der Waals surface area contributed by atoms with Gasteiger partial charge in [0.05, 0.1) is 5.56 Å². The van der Waals surface area contributed by atoms with Gasteiger partial charge in [0.25, 0.3) is 0 Å². The van der Waals surface area contributed by atoms with Crippen LogP contribution in [0.5, 0.6) is 11.5 Å². The molecule has 5 rings (SSSR count). The van der Waals surface area contributed by atoms with Crippen molar-refractivity contribution in [2.45, 2.75) is 9.97 Å². The Morgan fingerprint density at radius 1 is 1.39 bits per heavy atom. The molecule has 1 unspecified atom stereocenters. The number of aryl methyl sites for hydroxylation is 1. The van der Waals surface area contributed by atoms with Crippen molar-refractivity contribution in [1.82, 2.24) is 14.9 Å². The summed E-state index contributed by atoms with van der Waals surface area (Å²) in [6.07, 6.45) is 3.46. The molecule has 2 aliphatic rings. The fourth-order valence-electron chi connectivity index (χ4n) is 3.51. The van der Waals surface area contributed by atoms with Crippen LogP contribution in [0.3, 0.4) is 0 Å². The second-order valence-electron chi connectivity index (χ2n) is 7.65. The van der Waals surface area contributed by atoms with Gasteiger partial charge < -0.3 is 4.57 Å². The molecular weight excluding hydrogens is 559 g/mol. The Bertz CT molecular complexity index is 1210.